The Morgan fingerprint density at radius 2 is 2.07 bits per heavy atom. The van der Waals surface area contributed by atoms with Crippen LogP contribution in [0.2, 0.25) is 0 Å². The van der Waals surface area contributed by atoms with Gasteiger partial charge in [-0.1, -0.05) is 6.92 Å². The zero-order chi connectivity index (χ0) is 10.3. The monoisotopic (exact) mass is 210 g/mol. The van der Waals surface area contributed by atoms with Gasteiger partial charge in [0.15, 0.2) is 0 Å². The van der Waals surface area contributed by atoms with Crippen LogP contribution in [0.4, 0.5) is 0 Å². The first-order valence-electron chi connectivity index (χ1n) is 5.34. The van der Waals surface area contributed by atoms with Gasteiger partial charge in [-0.3, -0.25) is 0 Å². The molecule has 1 aliphatic carbocycles. The first kappa shape index (κ1) is 10.2. The Morgan fingerprint density at radius 1 is 1.43 bits per heavy atom. The molecule has 14 heavy (non-hydrogen) atoms. The smallest absolute Gasteiger partial charge is 0.0828 e. The maximum atomic E-state index is 10.2. The van der Waals surface area contributed by atoms with E-state index < -0.39 is 0 Å². The molecule has 1 nitrogen and oxygen atoms in total. The van der Waals surface area contributed by atoms with Gasteiger partial charge in [-0.05, 0) is 50.2 Å². The second-order valence-electron chi connectivity index (χ2n) is 4.51. The summed E-state index contributed by atoms with van der Waals surface area (Å²) in [4.78, 5) is 2.59. The van der Waals surface area contributed by atoms with Crippen molar-refractivity contribution in [3.05, 3.63) is 21.4 Å². The topological polar surface area (TPSA) is 20.2 Å². The van der Waals surface area contributed by atoms with Crippen LogP contribution in [0.3, 0.4) is 0 Å². The molecule has 0 radical (unpaired) electrons. The lowest BCUT2D eigenvalue weighted by atomic mass is 9.93. The molecule has 1 aromatic rings. The van der Waals surface area contributed by atoms with Crippen molar-refractivity contribution in [1.82, 2.24) is 0 Å². The van der Waals surface area contributed by atoms with Crippen molar-refractivity contribution in [3.63, 3.8) is 0 Å². The molecule has 78 valence electrons. The third-order valence-corrected chi connectivity index (χ3v) is 4.24. The van der Waals surface area contributed by atoms with Crippen molar-refractivity contribution in [2.75, 3.05) is 0 Å². The molecule has 0 bridgehead atoms. The van der Waals surface area contributed by atoms with Gasteiger partial charge < -0.3 is 5.11 Å². The van der Waals surface area contributed by atoms with Crippen LogP contribution in [0.25, 0.3) is 0 Å². The summed E-state index contributed by atoms with van der Waals surface area (Å²) >= 11 is 1.79. The van der Waals surface area contributed by atoms with E-state index in [2.05, 4.69) is 26.8 Å². The average Bonchev–Trinajstić information content (AvgIpc) is 2.90. The predicted octanol–water partition coefficient (Wildman–Crippen LogP) is 3.44. The summed E-state index contributed by atoms with van der Waals surface area (Å²) in [5, 5.41) is 10.2. The molecule has 0 amide bonds. The third kappa shape index (κ3) is 1.86. The highest BCUT2D eigenvalue weighted by Gasteiger charge is 2.33. The van der Waals surface area contributed by atoms with Crippen LogP contribution in [-0.4, -0.2) is 5.11 Å². The Kier molecular flexibility index (Phi) is 2.67. The normalized spacial score (nSPS) is 20.9. The molecule has 0 spiro atoms. The zero-order valence-electron chi connectivity index (χ0n) is 9.08. The van der Waals surface area contributed by atoms with Crippen LogP contribution < -0.4 is 0 Å². The van der Waals surface area contributed by atoms with E-state index in [1.807, 2.05) is 0 Å². The zero-order valence-corrected chi connectivity index (χ0v) is 9.90. The largest absolute Gasteiger partial charge is 0.388 e. The number of aryl methyl sites for hydroxylation is 2. The van der Waals surface area contributed by atoms with E-state index in [0.29, 0.717) is 5.92 Å². The fraction of sp³-hybridized carbons (Fsp3) is 0.667. The molecule has 0 aliphatic heterocycles. The van der Waals surface area contributed by atoms with Crippen LogP contribution in [0, 0.1) is 25.7 Å². The van der Waals surface area contributed by atoms with E-state index in [1.165, 1.54) is 22.6 Å². The summed E-state index contributed by atoms with van der Waals surface area (Å²) in [7, 11) is 0. The molecule has 0 saturated heterocycles. The Balaban J connectivity index is 2.16. The molecular formula is C12H18OS. The van der Waals surface area contributed by atoms with Gasteiger partial charge in [0.25, 0.3) is 0 Å². The number of aliphatic hydroxyl groups excluding tert-OH is 1. The molecule has 1 N–H and O–H groups in total. The van der Waals surface area contributed by atoms with Crippen LogP contribution in [-0.2, 0) is 0 Å². The molecule has 1 heterocycles. The van der Waals surface area contributed by atoms with Gasteiger partial charge in [0.1, 0.15) is 0 Å². The number of hydrogen-bond donors (Lipinski definition) is 1. The van der Waals surface area contributed by atoms with Gasteiger partial charge in [-0.15, -0.1) is 11.3 Å². The molecule has 2 atom stereocenters. The highest BCUT2D eigenvalue weighted by Crippen LogP contribution is 2.44. The van der Waals surface area contributed by atoms with Gasteiger partial charge in [0, 0.05) is 9.75 Å². The number of rotatable bonds is 3. The van der Waals surface area contributed by atoms with Gasteiger partial charge in [0.2, 0.25) is 0 Å². The minimum Gasteiger partial charge on any atom is -0.388 e. The fourth-order valence-electron chi connectivity index (χ4n) is 2.11. The number of aliphatic hydroxyl groups is 1. The van der Waals surface area contributed by atoms with Crippen LogP contribution in [0.15, 0.2) is 6.07 Å². The van der Waals surface area contributed by atoms with Crippen molar-refractivity contribution in [2.24, 2.45) is 11.8 Å². The lowest BCUT2D eigenvalue weighted by Gasteiger charge is -2.18. The van der Waals surface area contributed by atoms with Crippen LogP contribution in [0.5, 0.6) is 0 Å². The Bertz CT molecular complexity index is 325. The van der Waals surface area contributed by atoms with E-state index in [0.717, 1.165) is 11.5 Å². The second-order valence-corrected chi connectivity index (χ2v) is 5.97. The molecule has 1 aliphatic rings. The molecule has 1 saturated carbocycles. The minimum atomic E-state index is -0.243. The summed E-state index contributed by atoms with van der Waals surface area (Å²) in [6.45, 7) is 6.39. The average molecular weight is 210 g/mol. The van der Waals surface area contributed by atoms with Gasteiger partial charge in [-0.2, -0.15) is 0 Å². The van der Waals surface area contributed by atoms with Gasteiger partial charge >= 0.3 is 0 Å². The summed E-state index contributed by atoms with van der Waals surface area (Å²) in [6, 6.07) is 2.14. The standard InChI is InChI=1S/C12H18OS/c1-7-6-11(9(3)14-7)12(13)8(2)10-4-5-10/h6,8,10,12-13H,4-5H2,1-3H3. The van der Waals surface area contributed by atoms with E-state index in [-0.39, 0.29) is 6.10 Å². The Morgan fingerprint density at radius 3 is 2.50 bits per heavy atom. The molecule has 2 rings (SSSR count). The first-order chi connectivity index (χ1) is 6.59. The minimum absolute atomic E-state index is 0.243. The Labute approximate surface area is 89.8 Å². The molecule has 2 heteroatoms. The quantitative estimate of drug-likeness (QED) is 0.810. The molecule has 1 aromatic heterocycles. The summed E-state index contributed by atoms with van der Waals surface area (Å²) in [6.07, 6.45) is 2.37. The lowest BCUT2D eigenvalue weighted by molar-refractivity contribution is 0.106. The maximum absolute atomic E-state index is 10.2. The first-order valence-corrected chi connectivity index (χ1v) is 6.16. The fourth-order valence-corrected chi connectivity index (χ4v) is 3.07. The summed E-state index contributed by atoms with van der Waals surface area (Å²) in [5.41, 5.74) is 1.16. The molecule has 2 unspecified atom stereocenters. The van der Waals surface area contributed by atoms with E-state index in [4.69, 9.17) is 0 Å². The highest BCUT2D eigenvalue weighted by atomic mass is 32.1. The molecule has 0 aromatic carbocycles. The highest BCUT2D eigenvalue weighted by molar-refractivity contribution is 7.12. The molecular weight excluding hydrogens is 192 g/mol. The van der Waals surface area contributed by atoms with E-state index in [1.54, 1.807) is 11.3 Å². The van der Waals surface area contributed by atoms with E-state index >= 15 is 0 Å². The van der Waals surface area contributed by atoms with Crippen LogP contribution in [0.1, 0.15) is 41.2 Å². The van der Waals surface area contributed by atoms with Gasteiger partial charge in [-0.25, -0.2) is 0 Å². The lowest BCUT2D eigenvalue weighted by Crippen LogP contribution is -2.11. The van der Waals surface area contributed by atoms with Crippen molar-refractivity contribution in [1.29, 1.82) is 0 Å². The number of hydrogen-bond acceptors (Lipinski definition) is 2. The summed E-state index contributed by atoms with van der Waals surface area (Å²) < 4.78 is 0. The molecule has 1 fully saturated rings. The predicted molar refractivity (Wildman–Crippen MR) is 60.6 cm³/mol. The van der Waals surface area contributed by atoms with Crippen molar-refractivity contribution < 1.29 is 5.11 Å². The maximum Gasteiger partial charge on any atom is 0.0828 e. The van der Waals surface area contributed by atoms with Crippen LogP contribution >= 0.6 is 11.3 Å². The SMILES string of the molecule is Cc1cc(C(O)C(C)C2CC2)c(C)s1. The van der Waals surface area contributed by atoms with Crippen molar-refractivity contribution >= 4 is 11.3 Å². The third-order valence-electron chi connectivity index (χ3n) is 3.26. The van der Waals surface area contributed by atoms with Crippen molar-refractivity contribution in [3.8, 4) is 0 Å². The second kappa shape index (κ2) is 3.67. The van der Waals surface area contributed by atoms with E-state index in [9.17, 15) is 5.11 Å². The number of thiophene rings is 1. The summed E-state index contributed by atoms with van der Waals surface area (Å²) in [5.74, 6) is 1.20. The van der Waals surface area contributed by atoms with Gasteiger partial charge in [0.05, 0.1) is 6.10 Å². The Hall–Kier alpha value is -0.340. The van der Waals surface area contributed by atoms with Crippen molar-refractivity contribution in [2.45, 2.75) is 39.7 Å².